The molecule has 0 atom stereocenters. The first kappa shape index (κ1) is 13.4. The monoisotopic (exact) mass is 299 g/mol. The van der Waals surface area contributed by atoms with Crippen molar-refractivity contribution in [1.29, 1.82) is 0 Å². The fourth-order valence-electron chi connectivity index (χ4n) is 1.48. The fraction of sp³-hybridized carbons (Fsp3) is 0.154. The first-order chi connectivity index (χ1) is 8.65. The number of halogens is 2. The average Bonchev–Trinajstić information content (AvgIpc) is 2.83. The van der Waals surface area contributed by atoms with Crippen molar-refractivity contribution in [2.24, 2.45) is 0 Å². The van der Waals surface area contributed by atoms with Crippen molar-refractivity contribution in [3.8, 4) is 0 Å². The maximum atomic E-state index is 11.7. The van der Waals surface area contributed by atoms with Crippen LogP contribution in [0.4, 0.5) is 0 Å². The van der Waals surface area contributed by atoms with Crippen LogP contribution >= 0.6 is 34.5 Å². The molecule has 2 aromatic rings. The molecule has 0 unspecified atom stereocenters. The molecule has 0 radical (unpaired) electrons. The number of amides is 1. The molecule has 1 N–H and O–H groups in total. The van der Waals surface area contributed by atoms with Crippen molar-refractivity contribution < 1.29 is 4.79 Å². The van der Waals surface area contributed by atoms with Crippen LogP contribution in [0.3, 0.4) is 0 Å². The zero-order valence-electron chi connectivity index (χ0n) is 9.45. The van der Waals surface area contributed by atoms with E-state index in [1.54, 1.807) is 23.5 Å². The summed E-state index contributed by atoms with van der Waals surface area (Å²) < 4.78 is 0. The molecule has 1 amide bonds. The van der Waals surface area contributed by atoms with E-state index < -0.39 is 0 Å². The zero-order chi connectivity index (χ0) is 13.0. The molecule has 0 saturated carbocycles. The van der Waals surface area contributed by atoms with E-state index in [9.17, 15) is 4.79 Å². The highest BCUT2D eigenvalue weighted by atomic mass is 35.5. The van der Waals surface area contributed by atoms with Gasteiger partial charge in [0.2, 0.25) is 5.91 Å². The molecule has 94 valence electrons. The van der Waals surface area contributed by atoms with E-state index in [1.807, 2.05) is 23.6 Å². The number of benzene rings is 1. The first-order valence-electron chi connectivity index (χ1n) is 5.38. The molecule has 5 heteroatoms. The highest BCUT2D eigenvalue weighted by molar-refractivity contribution is 7.10. The zero-order valence-corrected chi connectivity index (χ0v) is 11.8. The van der Waals surface area contributed by atoms with Crippen LogP contribution in [0.2, 0.25) is 10.0 Å². The lowest BCUT2D eigenvalue weighted by molar-refractivity contribution is -0.120. The summed E-state index contributed by atoms with van der Waals surface area (Å²) in [7, 11) is 0. The third-order valence-electron chi connectivity index (χ3n) is 2.39. The van der Waals surface area contributed by atoms with Crippen molar-refractivity contribution in [1.82, 2.24) is 5.32 Å². The summed E-state index contributed by atoms with van der Waals surface area (Å²) in [5.74, 6) is 0.00326. The minimum absolute atomic E-state index is 0.00326. The van der Waals surface area contributed by atoms with Crippen LogP contribution in [0.15, 0.2) is 35.7 Å². The molecule has 1 aromatic carbocycles. The topological polar surface area (TPSA) is 29.1 Å². The highest BCUT2D eigenvalue weighted by Gasteiger charge is 2.05. The third kappa shape index (κ3) is 3.73. The molecule has 0 aliphatic rings. The Hall–Kier alpha value is -1.03. The van der Waals surface area contributed by atoms with Gasteiger partial charge in [0.05, 0.1) is 16.5 Å². The summed E-state index contributed by atoms with van der Waals surface area (Å²) in [5.41, 5.74) is 0.934. The SMILES string of the molecule is O=C(Cc1cccs1)NCc1ccc(Cl)c(Cl)c1. The van der Waals surface area contributed by atoms with Crippen LogP contribution < -0.4 is 5.32 Å². The van der Waals surface area contributed by atoms with Crippen molar-refractivity contribution in [2.45, 2.75) is 13.0 Å². The summed E-state index contributed by atoms with van der Waals surface area (Å²) in [4.78, 5) is 12.7. The molecular formula is C13H11Cl2NOS. The average molecular weight is 300 g/mol. The quantitative estimate of drug-likeness (QED) is 0.911. The maximum Gasteiger partial charge on any atom is 0.225 e. The Kier molecular flexibility index (Phi) is 4.64. The molecule has 0 bridgehead atoms. The summed E-state index contributed by atoms with van der Waals surface area (Å²) >= 11 is 13.3. The van der Waals surface area contributed by atoms with Gasteiger partial charge in [0.1, 0.15) is 0 Å². The van der Waals surface area contributed by atoms with Gasteiger partial charge in [-0.3, -0.25) is 4.79 Å². The van der Waals surface area contributed by atoms with Crippen LogP contribution in [0, 0.1) is 0 Å². The van der Waals surface area contributed by atoms with E-state index in [0.29, 0.717) is 23.0 Å². The lowest BCUT2D eigenvalue weighted by Gasteiger charge is -2.05. The molecule has 1 aromatic heterocycles. The molecule has 18 heavy (non-hydrogen) atoms. The van der Waals surface area contributed by atoms with Gasteiger partial charge in [0.25, 0.3) is 0 Å². The predicted octanol–water partition coefficient (Wildman–Crippen LogP) is 3.91. The number of carbonyl (C=O) groups is 1. The minimum atomic E-state index is 0.00326. The smallest absolute Gasteiger partial charge is 0.225 e. The lowest BCUT2D eigenvalue weighted by Crippen LogP contribution is -2.24. The van der Waals surface area contributed by atoms with Crippen molar-refractivity contribution >= 4 is 40.4 Å². The van der Waals surface area contributed by atoms with Gasteiger partial charge in [-0.25, -0.2) is 0 Å². The summed E-state index contributed by atoms with van der Waals surface area (Å²) in [6, 6.07) is 9.22. The van der Waals surface area contributed by atoms with Gasteiger partial charge in [0.15, 0.2) is 0 Å². The second kappa shape index (κ2) is 6.23. The maximum absolute atomic E-state index is 11.7. The van der Waals surface area contributed by atoms with E-state index in [1.165, 1.54) is 0 Å². The largest absolute Gasteiger partial charge is 0.352 e. The molecule has 0 saturated heterocycles. The van der Waals surface area contributed by atoms with Crippen molar-refractivity contribution in [3.05, 3.63) is 56.2 Å². The standard InChI is InChI=1S/C13H11Cl2NOS/c14-11-4-3-9(6-12(11)15)8-16-13(17)7-10-2-1-5-18-10/h1-6H,7-8H2,(H,16,17). The number of carbonyl (C=O) groups excluding carboxylic acids is 1. The van der Waals surface area contributed by atoms with Gasteiger partial charge in [-0.15, -0.1) is 11.3 Å². The number of hydrogen-bond acceptors (Lipinski definition) is 2. The molecule has 0 aliphatic heterocycles. The Morgan fingerprint density at radius 1 is 1.22 bits per heavy atom. The Labute approximate surface area is 120 Å². The van der Waals surface area contributed by atoms with Gasteiger partial charge in [0, 0.05) is 11.4 Å². The van der Waals surface area contributed by atoms with Gasteiger partial charge >= 0.3 is 0 Å². The van der Waals surface area contributed by atoms with Crippen LogP contribution in [0.5, 0.6) is 0 Å². The van der Waals surface area contributed by atoms with E-state index in [4.69, 9.17) is 23.2 Å². The molecular weight excluding hydrogens is 289 g/mol. The van der Waals surface area contributed by atoms with E-state index in [0.717, 1.165) is 10.4 Å². The van der Waals surface area contributed by atoms with Gasteiger partial charge in [-0.1, -0.05) is 35.3 Å². The Morgan fingerprint density at radius 3 is 2.72 bits per heavy atom. The van der Waals surface area contributed by atoms with Gasteiger partial charge < -0.3 is 5.32 Å². The highest BCUT2D eigenvalue weighted by Crippen LogP contribution is 2.22. The molecule has 1 heterocycles. The predicted molar refractivity (Wildman–Crippen MR) is 76.3 cm³/mol. The van der Waals surface area contributed by atoms with Crippen molar-refractivity contribution in [2.75, 3.05) is 0 Å². The number of hydrogen-bond donors (Lipinski definition) is 1. The van der Waals surface area contributed by atoms with Crippen LogP contribution in [0.25, 0.3) is 0 Å². The number of thiophene rings is 1. The third-order valence-corrected chi connectivity index (χ3v) is 4.00. The van der Waals surface area contributed by atoms with E-state index in [-0.39, 0.29) is 5.91 Å². The minimum Gasteiger partial charge on any atom is -0.352 e. The lowest BCUT2D eigenvalue weighted by atomic mass is 10.2. The fourth-order valence-corrected chi connectivity index (χ4v) is 2.51. The Morgan fingerprint density at radius 2 is 2.06 bits per heavy atom. The summed E-state index contributed by atoms with van der Waals surface area (Å²) in [6.45, 7) is 0.459. The molecule has 2 nitrogen and oxygen atoms in total. The second-order valence-corrected chi connectivity index (χ2v) is 5.63. The van der Waals surface area contributed by atoms with Gasteiger partial charge in [-0.05, 0) is 29.1 Å². The Bertz CT molecular complexity index is 540. The van der Waals surface area contributed by atoms with Crippen LogP contribution in [0.1, 0.15) is 10.4 Å². The molecule has 2 rings (SSSR count). The molecule has 0 aliphatic carbocycles. The van der Waals surface area contributed by atoms with Crippen molar-refractivity contribution in [3.63, 3.8) is 0 Å². The number of rotatable bonds is 4. The summed E-state index contributed by atoms with van der Waals surface area (Å²) in [6.07, 6.45) is 0.416. The molecule has 0 spiro atoms. The first-order valence-corrected chi connectivity index (χ1v) is 7.02. The van der Waals surface area contributed by atoms with Crippen LogP contribution in [-0.4, -0.2) is 5.91 Å². The molecule has 0 fully saturated rings. The number of nitrogens with one attached hydrogen (secondary N) is 1. The normalized spacial score (nSPS) is 10.3. The van der Waals surface area contributed by atoms with E-state index in [2.05, 4.69) is 5.32 Å². The van der Waals surface area contributed by atoms with E-state index >= 15 is 0 Å². The Balaban J connectivity index is 1.87. The van der Waals surface area contributed by atoms with Gasteiger partial charge in [-0.2, -0.15) is 0 Å². The summed E-state index contributed by atoms with van der Waals surface area (Å²) in [5, 5.41) is 5.83. The second-order valence-electron chi connectivity index (χ2n) is 3.78. The van der Waals surface area contributed by atoms with Crippen LogP contribution in [-0.2, 0) is 17.8 Å².